The maximum atomic E-state index is 12.8. The number of methoxy groups -OCH3 is 2. The molecule has 9 nitrogen and oxygen atoms in total. The first-order valence-electron chi connectivity index (χ1n) is 9.78. The van der Waals surface area contributed by atoms with Crippen molar-refractivity contribution in [2.45, 2.75) is 37.1 Å². The summed E-state index contributed by atoms with van der Waals surface area (Å²) in [6, 6.07) is 9.01. The van der Waals surface area contributed by atoms with Crippen molar-refractivity contribution in [2.24, 2.45) is 0 Å². The highest BCUT2D eigenvalue weighted by atomic mass is 16.6. The summed E-state index contributed by atoms with van der Waals surface area (Å²) in [7, 11) is 2.94. The minimum Gasteiger partial charge on any atom is -0.481 e. The van der Waals surface area contributed by atoms with Crippen LogP contribution in [0.3, 0.4) is 0 Å². The predicted molar refractivity (Wildman–Crippen MR) is 105 cm³/mol. The molecule has 2 unspecified atom stereocenters. The molecular formula is C21H25N3O6. The highest BCUT2D eigenvalue weighted by Crippen LogP contribution is 2.43. The number of piperidine rings is 1. The number of nitrogens with zero attached hydrogens (tertiary/aromatic N) is 3. The maximum absolute atomic E-state index is 12.8. The number of morpholine rings is 1. The Morgan fingerprint density at radius 1 is 1.20 bits per heavy atom. The van der Waals surface area contributed by atoms with Crippen LogP contribution in [0.2, 0.25) is 0 Å². The molecule has 2 atom stereocenters. The monoisotopic (exact) mass is 415 g/mol. The topological polar surface area (TPSA) is 103 Å². The van der Waals surface area contributed by atoms with Gasteiger partial charge in [-0.25, -0.2) is 9.78 Å². The molecule has 1 amide bonds. The van der Waals surface area contributed by atoms with Crippen molar-refractivity contribution in [1.82, 2.24) is 14.9 Å². The number of hydrogen-bond donors (Lipinski definition) is 1. The van der Waals surface area contributed by atoms with Crippen molar-refractivity contribution in [3.05, 3.63) is 47.7 Å². The number of aliphatic hydroxyl groups is 1. The lowest BCUT2D eigenvalue weighted by Gasteiger charge is -2.50. The van der Waals surface area contributed by atoms with Crippen molar-refractivity contribution in [3.8, 4) is 11.9 Å². The second kappa shape index (κ2) is 8.45. The van der Waals surface area contributed by atoms with Crippen LogP contribution in [0.4, 0.5) is 4.79 Å². The molecule has 3 heterocycles. The van der Waals surface area contributed by atoms with Crippen LogP contribution in [0.15, 0.2) is 36.5 Å². The molecule has 2 aliphatic rings. The van der Waals surface area contributed by atoms with Gasteiger partial charge in [0.25, 0.3) is 0 Å². The molecule has 2 fully saturated rings. The van der Waals surface area contributed by atoms with Gasteiger partial charge in [-0.3, -0.25) is 4.90 Å². The first-order chi connectivity index (χ1) is 14.5. The molecule has 0 radical (unpaired) electrons. The molecule has 1 aromatic heterocycles. The summed E-state index contributed by atoms with van der Waals surface area (Å²) in [5.74, 6) is 0.253. The molecule has 0 spiro atoms. The second-order valence-corrected chi connectivity index (χ2v) is 7.51. The number of fused-ring (bicyclic) bond motifs is 2. The van der Waals surface area contributed by atoms with Crippen LogP contribution in [-0.2, 0) is 21.7 Å². The summed E-state index contributed by atoms with van der Waals surface area (Å²) < 4.78 is 21.6. The van der Waals surface area contributed by atoms with Crippen LogP contribution < -0.4 is 9.47 Å². The molecule has 4 rings (SSSR count). The van der Waals surface area contributed by atoms with E-state index in [1.807, 2.05) is 30.3 Å². The molecule has 2 bridgehead atoms. The number of benzene rings is 1. The van der Waals surface area contributed by atoms with Gasteiger partial charge in [-0.1, -0.05) is 30.3 Å². The summed E-state index contributed by atoms with van der Waals surface area (Å²) >= 11 is 0. The number of rotatable bonds is 5. The molecule has 0 saturated carbocycles. The Bertz CT molecular complexity index is 880. The third-order valence-electron chi connectivity index (χ3n) is 5.58. The molecule has 1 aromatic carbocycles. The van der Waals surface area contributed by atoms with Gasteiger partial charge in [0, 0.05) is 19.0 Å². The number of aromatic nitrogens is 2. The van der Waals surface area contributed by atoms with Crippen LogP contribution in [-0.4, -0.2) is 65.6 Å². The van der Waals surface area contributed by atoms with Crippen LogP contribution in [0.1, 0.15) is 24.0 Å². The summed E-state index contributed by atoms with van der Waals surface area (Å²) in [6.07, 6.45) is 1.63. The summed E-state index contributed by atoms with van der Waals surface area (Å²) in [5, 5.41) is 11.5. The highest BCUT2D eigenvalue weighted by molar-refractivity contribution is 5.69. The van der Waals surface area contributed by atoms with E-state index >= 15 is 0 Å². The Kier molecular flexibility index (Phi) is 5.74. The van der Waals surface area contributed by atoms with Crippen molar-refractivity contribution < 1.29 is 28.8 Å². The van der Waals surface area contributed by atoms with Gasteiger partial charge in [0.1, 0.15) is 12.2 Å². The number of carbonyl (C=O) groups excluding carboxylic acids is 1. The zero-order valence-electron chi connectivity index (χ0n) is 17.0. The highest BCUT2D eigenvalue weighted by Gasteiger charge is 2.50. The fraction of sp³-hybridized carbons (Fsp3) is 0.476. The van der Waals surface area contributed by atoms with Gasteiger partial charge in [0.05, 0.1) is 45.1 Å². The van der Waals surface area contributed by atoms with Crippen molar-refractivity contribution in [3.63, 3.8) is 0 Å². The van der Waals surface area contributed by atoms with E-state index in [2.05, 4.69) is 9.97 Å². The van der Waals surface area contributed by atoms with Gasteiger partial charge in [0.2, 0.25) is 5.88 Å². The molecule has 30 heavy (non-hydrogen) atoms. The largest absolute Gasteiger partial charge is 0.481 e. The Morgan fingerprint density at radius 2 is 1.90 bits per heavy atom. The van der Waals surface area contributed by atoms with Gasteiger partial charge in [-0.05, 0) is 5.56 Å². The Labute approximate surface area is 174 Å². The van der Waals surface area contributed by atoms with Gasteiger partial charge in [0.15, 0.2) is 0 Å². The number of amides is 1. The van der Waals surface area contributed by atoms with E-state index in [0.29, 0.717) is 18.8 Å². The van der Waals surface area contributed by atoms with Crippen LogP contribution in [0.25, 0.3) is 0 Å². The zero-order chi connectivity index (χ0) is 21.1. The third kappa shape index (κ3) is 3.90. The summed E-state index contributed by atoms with van der Waals surface area (Å²) in [6.45, 7) is 0.831. The van der Waals surface area contributed by atoms with Crippen LogP contribution in [0.5, 0.6) is 11.9 Å². The lowest BCUT2D eigenvalue weighted by atomic mass is 9.77. The first-order valence-corrected chi connectivity index (χ1v) is 9.78. The van der Waals surface area contributed by atoms with E-state index in [-0.39, 0.29) is 43.4 Å². The lowest BCUT2D eigenvalue weighted by molar-refractivity contribution is -0.137. The molecule has 2 aromatic rings. The molecule has 2 aliphatic heterocycles. The van der Waals surface area contributed by atoms with Crippen molar-refractivity contribution in [2.75, 3.05) is 27.4 Å². The minimum atomic E-state index is -1.26. The molecule has 160 valence electrons. The van der Waals surface area contributed by atoms with Gasteiger partial charge in [-0.2, -0.15) is 4.98 Å². The zero-order valence-corrected chi connectivity index (χ0v) is 17.0. The summed E-state index contributed by atoms with van der Waals surface area (Å²) in [5.41, 5.74) is 0.133. The molecular weight excluding hydrogens is 390 g/mol. The smallest absolute Gasteiger partial charge is 0.410 e. The van der Waals surface area contributed by atoms with E-state index < -0.39 is 11.7 Å². The Balaban J connectivity index is 1.52. The SMILES string of the molecule is COc1ncc(C2(O)CC3COCC(C2)N3C(=O)OCc2ccccc2)c(OC)n1. The van der Waals surface area contributed by atoms with Gasteiger partial charge >= 0.3 is 12.1 Å². The van der Waals surface area contributed by atoms with E-state index in [9.17, 15) is 9.90 Å². The van der Waals surface area contributed by atoms with E-state index in [1.54, 1.807) is 4.90 Å². The average molecular weight is 415 g/mol. The number of carbonyl (C=O) groups is 1. The van der Waals surface area contributed by atoms with E-state index in [4.69, 9.17) is 18.9 Å². The van der Waals surface area contributed by atoms with Crippen LogP contribution in [0, 0.1) is 0 Å². The molecule has 2 saturated heterocycles. The Morgan fingerprint density at radius 3 is 2.53 bits per heavy atom. The van der Waals surface area contributed by atoms with Crippen molar-refractivity contribution >= 4 is 6.09 Å². The quantitative estimate of drug-likeness (QED) is 0.790. The fourth-order valence-corrected chi connectivity index (χ4v) is 4.21. The maximum Gasteiger partial charge on any atom is 0.410 e. The Hall–Kier alpha value is -2.91. The summed E-state index contributed by atoms with van der Waals surface area (Å²) in [4.78, 5) is 22.8. The number of hydrogen-bond acceptors (Lipinski definition) is 8. The molecule has 0 aliphatic carbocycles. The van der Waals surface area contributed by atoms with Crippen molar-refractivity contribution in [1.29, 1.82) is 0 Å². The fourth-order valence-electron chi connectivity index (χ4n) is 4.21. The minimum absolute atomic E-state index is 0.157. The standard InChI is InChI=1S/C21H25N3O6/c1-27-18-17(10-22-19(23-18)28-2)21(26)8-15-12-29-13-16(9-21)24(15)20(25)30-11-14-6-4-3-5-7-14/h3-7,10,15-16,26H,8-9,11-13H2,1-2H3. The molecule has 1 N–H and O–H groups in total. The molecule has 9 heteroatoms. The predicted octanol–water partition coefficient (Wildman–Crippen LogP) is 1.88. The normalized spacial score (nSPS) is 25.5. The van der Waals surface area contributed by atoms with Crippen LogP contribution >= 0.6 is 0 Å². The average Bonchev–Trinajstić information content (AvgIpc) is 2.77. The first kappa shape index (κ1) is 20.4. The van der Waals surface area contributed by atoms with Gasteiger partial charge in [-0.15, -0.1) is 0 Å². The second-order valence-electron chi connectivity index (χ2n) is 7.51. The van der Waals surface area contributed by atoms with Gasteiger partial charge < -0.3 is 24.1 Å². The lowest BCUT2D eigenvalue weighted by Crippen LogP contribution is -2.62. The number of ether oxygens (including phenoxy) is 4. The third-order valence-corrected chi connectivity index (χ3v) is 5.58. The van der Waals surface area contributed by atoms with E-state index in [0.717, 1.165) is 5.56 Å². The van der Waals surface area contributed by atoms with E-state index in [1.165, 1.54) is 20.4 Å².